The van der Waals surface area contributed by atoms with Crippen molar-refractivity contribution < 1.29 is 18.7 Å². The van der Waals surface area contributed by atoms with Crippen molar-refractivity contribution in [3.63, 3.8) is 0 Å². The molecule has 1 fully saturated rings. The molecule has 23 heavy (non-hydrogen) atoms. The maximum absolute atomic E-state index is 11.8. The second-order valence-corrected chi connectivity index (χ2v) is 6.65. The number of para-hydroxylation sites is 1. The van der Waals surface area contributed by atoms with Crippen LogP contribution < -0.4 is 4.74 Å². The molecule has 2 atom stereocenters. The van der Waals surface area contributed by atoms with Crippen LogP contribution in [0.2, 0.25) is 0 Å². The highest BCUT2D eigenvalue weighted by Gasteiger charge is 2.33. The summed E-state index contributed by atoms with van der Waals surface area (Å²) in [5, 5.41) is 0.217. The minimum absolute atomic E-state index is 0.0286. The molecular weight excluding hydrogens is 312 g/mol. The molecule has 0 N–H and O–H groups in total. The van der Waals surface area contributed by atoms with E-state index in [4.69, 9.17) is 13.9 Å². The molecule has 0 aliphatic carbocycles. The van der Waals surface area contributed by atoms with Gasteiger partial charge in [0.25, 0.3) is 0 Å². The minimum atomic E-state index is -0.0957. The van der Waals surface area contributed by atoms with Crippen molar-refractivity contribution in [1.29, 1.82) is 0 Å². The van der Waals surface area contributed by atoms with Gasteiger partial charge in [0.2, 0.25) is 0 Å². The fourth-order valence-electron chi connectivity index (χ4n) is 2.57. The number of carbonyl (C=O) groups excluding carboxylic acids is 1. The van der Waals surface area contributed by atoms with Crippen molar-refractivity contribution in [2.24, 2.45) is 5.92 Å². The molecule has 0 radical (unpaired) electrons. The summed E-state index contributed by atoms with van der Waals surface area (Å²) in [7, 11) is 0. The van der Waals surface area contributed by atoms with Crippen LogP contribution in [-0.4, -0.2) is 18.3 Å². The highest BCUT2D eigenvalue weighted by molar-refractivity contribution is 7.99. The molecule has 0 saturated carbocycles. The average Bonchev–Trinajstić information content (AvgIpc) is 3.23. The molecule has 5 heteroatoms. The minimum Gasteiger partial charge on any atom is -0.486 e. The number of esters is 1. The van der Waals surface area contributed by atoms with Crippen molar-refractivity contribution in [1.82, 2.24) is 0 Å². The predicted molar refractivity (Wildman–Crippen MR) is 89.4 cm³/mol. The normalized spacial score (nSPS) is 20.4. The molecule has 1 aliphatic heterocycles. The van der Waals surface area contributed by atoms with Gasteiger partial charge >= 0.3 is 5.97 Å². The molecule has 2 unspecified atom stereocenters. The quantitative estimate of drug-likeness (QED) is 0.741. The first-order chi connectivity index (χ1) is 11.3. The zero-order valence-electron chi connectivity index (χ0n) is 13.1. The predicted octanol–water partition coefficient (Wildman–Crippen LogP) is 4.22. The standard InChI is InChI=1S/C18H20O4S/c1-2-20-18(19)13-10-17(23-12-13)16-9-8-15(22-16)11-21-14-6-4-3-5-7-14/h3-9,13,17H,2,10-12H2,1H3. The van der Waals surface area contributed by atoms with E-state index in [1.807, 2.05) is 49.4 Å². The molecule has 1 aromatic heterocycles. The molecule has 122 valence electrons. The smallest absolute Gasteiger partial charge is 0.309 e. The molecule has 3 rings (SSSR count). The Kier molecular flexibility index (Phi) is 5.28. The van der Waals surface area contributed by atoms with E-state index >= 15 is 0 Å². The number of hydrogen-bond acceptors (Lipinski definition) is 5. The first-order valence-corrected chi connectivity index (χ1v) is 8.86. The summed E-state index contributed by atoms with van der Waals surface area (Å²) in [6.07, 6.45) is 0.774. The van der Waals surface area contributed by atoms with E-state index in [0.29, 0.717) is 13.2 Å². The fraction of sp³-hybridized carbons (Fsp3) is 0.389. The Bertz CT molecular complexity index is 637. The van der Waals surface area contributed by atoms with E-state index in [1.165, 1.54) is 0 Å². The Labute approximate surface area is 140 Å². The van der Waals surface area contributed by atoms with Crippen molar-refractivity contribution in [2.75, 3.05) is 12.4 Å². The lowest BCUT2D eigenvalue weighted by atomic mass is 10.1. The van der Waals surface area contributed by atoms with Gasteiger partial charge in [0, 0.05) is 5.75 Å². The van der Waals surface area contributed by atoms with Crippen LogP contribution in [0.25, 0.3) is 0 Å². The molecule has 0 spiro atoms. The molecule has 0 bridgehead atoms. The van der Waals surface area contributed by atoms with Crippen LogP contribution in [0.5, 0.6) is 5.75 Å². The van der Waals surface area contributed by atoms with E-state index in [-0.39, 0.29) is 17.1 Å². The van der Waals surface area contributed by atoms with E-state index in [9.17, 15) is 4.79 Å². The van der Waals surface area contributed by atoms with E-state index in [0.717, 1.165) is 29.4 Å². The molecular formula is C18H20O4S. The summed E-state index contributed by atoms with van der Waals surface area (Å²) in [4.78, 5) is 11.8. The second-order valence-electron chi connectivity index (χ2n) is 5.41. The monoisotopic (exact) mass is 332 g/mol. The van der Waals surface area contributed by atoms with E-state index in [1.54, 1.807) is 11.8 Å². The molecule has 2 aromatic rings. The first-order valence-electron chi connectivity index (χ1n) is 7.81. The topological polar surface area (TPSA) is 48.7 Å². The summed E-state index contributed by atoms with van der Waals surface area (Å²) >= 11 is 1.75. The molecule has 1 aliphatic rings. The Hall–Kier alpha value is -1.88. The number of ether oxygens (including phenoxy) is 2. The van der Waals surface area contributed by atoms with E-state index < -0.39 is 0 Å². The first kappa shape index (κ1) is 16.0. The van der Waals surface area contributed by atoms with Crippen LogP contribution in [0.3, 0.4) is 0 Å². The number of hydrogen-bond donors (Lipinski definition) is 0. The maximum atomic E-state index is 11.8. The number of carbonyl (C=O) groups is 1. The molecule has 0 amide bonds. The fourth-order valence-corrected chi connectivity index (χ4v) is 3.96. The number of furan rings is 1. The molecule has 1 aromatic carbocycles. The van der Waals surface area contributed by atoms with Crippen molar-refractivity contribution in [3.05, 3.63) is 54.0 Å². The van der Waals surface area contributed by atoms with Gasteiger partial charge in [-0.2, -0.15) is 0 Å². The lowest BCUT2D eigenvalue weighted by Gasteiger charge is -2.08. The lowest BCUT2D eigenvalue weighted by Crippen LogP contribution is -2.16. The Balaban J connectivity index is 1.54. The van der Waals surface area contributed by atoms with Crippen LogP contribution in [0.4, 0.5) is 0 Å². The summed E-state index contributed by atoms with van der Waals surface area (Å²) in [5.41, 5.74) is 0. The molecule has 4 nitrogen and oxygen atoms in total. The average molecular weight is 332 g/mol. The van der Waals surface area contributed by atoms with Gasteiger partial charge in [-0.25, -0.2) is 0 Å². The van der Waals surface area contributed by atoms with Crippen LogP contribution >= 0.6 is 11.8 Å². The molecule has 1 saturated heterocycles. The number of benzene rings is 1. The Morgan fingerprint density at radius 2 is 2.09 bits per heavy atom. The van der Waals surface area contributed by atoms with Crippen molar-refractivity contribution in [2.45, 2.75) is 25.2 Å². The molecule has 2 heterocycles. The SMILES string of the molecule is CCOC(=O)C1CSC(c2ccc(COc3ccccc3)o2)C1. The van der Waals surface area contributed by atoms with Crippen molar-refractivity contribution in [3.8, 4) is 5.75 Å². The van der Waals surface area contributed by atoms with Crippen LogP contribution in [0.1, 0.15) is 30.1 Å². The Morgan fingerprint density at radius 3 is 2.87 bits per heavy atom. The largest absolute Gasteiger partial charge is 0.486 e. The van der Waals surface area contributed by atoms with Gasteiger partial charge in [0.05, 0.1) is 17.8 Å². The van der Waals surface area contributed by atoms with Crippen LogP contribution in [0.15, 0.2) is 46.9 Å². The van der Waals surface area contributed by atoms with Gasteiger partial charge in [-0.1, -0.05) is 18.2 Å². The van der Waals surface area contributed by atoms with Gasteiger partial charge in [-0.15, -0.1) is 11.8 Å². The zero-order valence-corrected chi connectivity index (χ0v) is 13.9. The highest BCUT2D eigenvalue weighted by atomic mass is 32.2. The summed E-state index contributed by atoms with van der Waals surface area (Å²) in [5.74, 6) is 3.20. The second kappa shape index (κ2) is 7.59. The lowest BCUT2D eigenvalue weighted by molar-refractivity contribution is -0.147. The maximum Gasteiger partial charge on any atom is 0.309 e. The van der Waals surface area contributed by atoms with Crippen molar-refractivity contribution >= 4 is 17.7 Å². The van der Waals surface area contributed by atoms with Gasteiger partial charge in [-0.05, 0) is 37.6 Å². The summed E-state index contributed by atoms with van der Waals surface area (Å²) < 4.78 is 16.7. The van der Waals surface area contributed by atoms with Crippen LogP contribution in [0, 0.1) is 5.92 Å². The summed E-state index contributed by atoms with van der Waals surface area (Å²) in [6.45, 7) is 2.68. The van der Waals surface area contributed by atoms with Gasteiger partial charge in [-0.3, -0.25) is 4.79 Å². The number of rotatable bonds is 6. The zero-order chi connectivity index (χ0) is 16.1. The van der Waals surface area contributed by atoms with Gasteiger partial charge in [0.1, 0.15) is 23.9 Å². The van der Waals surface area contributed by atoms with E-state index in [2.05, 4.69) is 0 Å². The third-order valence-corrected chi connectivity index (χ3v) is 5.16. The highest BCUT2D eigenvalue weighted by Crippen LogP contribution is 2.44. The number of thioether (sulfide) groups is 1. The van der Waals surface area contributed by atoms with Gasteiger partial charge < -0.3 is 13.9 Å². The third kappa shape index (κ3) is 4.10. The van der Waals surface area contributed by atoms with Gasteiger partial charge in [0.15, 0.2) is 0 Å². The Morgan fingerprint density at radius 1 is 1.26 bits per heavy atom. The van der Waals surface area contributed by atoms with Crippen LogP contribution in [-0.2, 0) is 16.1 Å². The third-order valence-electron chi connectivity index (χ3n) is 3.74. The summed E-state index contributed by atoms with van der Waals surface area (Å²) in [6, 6.07) is 13.6.